The van der Waals surface area contributed by atoms with Gasteiger partial charge in [0.15, 0.2) is 15.8 Å². The van der Waals surface area contributed by atoms with E-state index >= 15 is 0 Å². The summed E-state index contributed by atoms with van der Waals surface area (Å²) in [5.41, 5.74) is 7.48. The third kappa shape index (κ3) is 7.49. The maximum Gasteiger partial charge on any atom is 0.189 e. The third-order valence-electron chi connectivity index (χ3n) is 3.49. The molecule has 3 N–H and O–H groups in total. The van der Waals surface area contributed by atoms with Gasteiger partial charge in [0.05, 0.1) is 18.4 Å². The molecule has 0 saturated carbocycles. The van der Waals surface area contributed by atoms with Gasteiger partial charge in [-0.1, -0.05) is 24.3 Å². The maximum absolute atomic E-state index is 11.5. The lowest BCUT2D eigenvalue weighted by Gasteiger charge is -2.11. The normalized spacial score (nSPS) is 18.5. The van der Waals surface area contributed by atoms with Gasteiger partial charge in [-0.3, -0.25) is 0 Å². The molecule has 6 nitrogen and oxygen atoms in total. The molecule has 23 heavy (non-hydrogen) atoms. The van der Waals surface area contributed by atoms with E-state index in [9.17, 15) is 8.42 Å². The fraction of sp³-hybridized carbons (Fsp3) is 0.533. The van der Waals surface area contributed by atoms with Crippen molar-refractivity contribution in [2.45, 2.75) is 31.2 Å². The molecule has 1 atom stereocenters. The smallest absolute Gasteiger partial charge is 0.189 e. The van der Waals surface area contributed by atoms with Crippen molar-refractivity contribution in [2.75, 3.05) is 19.4 Å². The highest BCUT2D eigenvalue weighted by Crippen LogP contribution is 2.13. The van der Waals surface area contributed by atoms with Gasteiger partial charge in [0.2, 0.25) is 0 Å². The SMILES string of the molecule is CS(=O)(=O)Cc1ccccc1CN=C(N)NCC1CCCO1.I. The lowest BCUT2D eigenvalue weighted by atomic mass is 10.1. The summed E-state index contributed by atoms with van der Waals surface area (Å²) < 4.78 is 28.4. The van der Waals surface area contributed by atoms with Gasteiger partial charge in [0.25, 0.3) is 0 Å². The number of benzene rings is 1. The first-order chi connectivity index (χ1) is 10.4. The second kappa shape index (κ2) is 9.43. The Labute approximate surface area is 154 Å². The highest BCUT2D eigenvalue weighted by molar-refractivity contribution is 14.0. The zero-order valence-corrected chi connectivity index (χ0v) is 16.3. The van der Waals surface area contributed by atoms with Crippen LogP contribution < -0.4 is 11.1 Å². The number of nitrogens with zero attached hydrogens (tertiary/aromatic N) is 1. The number of ether oxygens (including phenoxy) is 1. The van der Waals surface area contributed by atoms with Crippen molar-refractivity contribution < 1.29 is 13.2 Å². The molecule has 2 rings (SSSR count). The van der Waals surface area contributed by atoms with Gasteiger partial charge in [0, 0.05) is 19.4 Å². The largest absolute Gasteiger partial charge is 0.376 e. The highest BCUT2D eigenvalue weighted by Gasteiger charge is 2.15. The van der Waals surface area contributed by atoms with E-state index in [0.717, 1.165) is 30.6 Å². The maximum atomic E-state index is 11.5. The zero-order chi connectivity index (χ0) is 16.0. The zero-order valence-electron chi connectivity index (χ0n) is 13.2. The van der Waals surface area contributed by atoms with Crippen LogP contribution in [0.2, 0.25) is 0 Å². The van der Waals surface area contributed by atoms with E-state index in [4.69, 9.17) is 10.5 Å². The number of rotatable bonds is 6. The summed E-state index contributed by atoms with van der Waals surface area (Å²) in [4.78, 5) is 4.28. The fourth-order valence-corrected chi connectivity index (χ4v) is 3.23. The predicted octanol–water partition coefficient (Wildman–Crippen LogP) is 1.43. The summed E-state index contributed by atoms with van der Waals surface area (Å²) in [5, 5.41) is 3.05. The van der Waals surface area contributed by atoms with Crippen molar-refractivity contribution in [2.24, 2.45) is 10.7 Å². The standard InChI is InChI=1S/C15H23N3O3S.HI/c1-22(19,20)11-13-6-3-2-5-12(13)9-17-15(16)18-10-14-7-4-8-21-14;/h2-3,5-6,14H,4,7-11H2,1H3,(H3,16,17,18);1H. The third-order valence-corrected chi connectivity index (χ3v) is 4.33. The Morgan fingerprint density at radius 2 is 2.09 bits per heavy atom. The van der Waals surface area contributed by atoms with E-state index in [1.807, 2.05) is 24.3 Å². The van der Waals surface area contributed by atoms with Gasteiger partial charge >= 0.3 is 0 Å². The Morgan fingerprint density at radius 3 is 2.70 bits per heavy atom. The summed E-state index contributed by atoms with van der Waals surface area (Å²) in [5.74, 6) is 0.367. The quantitative estimate of drug-likeness (QED) is 0.386. The van der Waals surface area contributed by atoms with Crippen molar-refractivity contribution in [3.8, 4) is 0 Å². The van der Waals surface area contributed by atoms with Crippen LogP contribution in [0.15, 0.2) is 29.3 Å². The molecule has 1 heterocycles. The second-order valence-corrected chi connectivity index (χ2v) is 7.70. The van der Waals surface area contributed by atoms with E-state index in [0.29, 0.717) is 19.0 Å². The average molecular weight is 453 g/mol. The monoisotopic (exact) mass is 453 g/mol. The van der Waals surface area contributed by atoms with Gasteiger partial charge in [-0.25, -0.2) is 13.4 Å². The summed E-state index contributed by atoms with van der Waals surface area (Å²) >= 11 is 0. The number of sulfone groups is 1. The molecule has 1 aromatic rings. The first-order valence-electron chi connectivity index (χ1n) is 7.34. The summed E-state index contributed by atoms with van der Waals surface area (Å²) in [7, 11) is -3.07. The molecule has 0 aromatic heterocycles. The molecule has 1 unspecified atom stereocenters. The van der Waals surface area contributed by atoms with E-state index in [2.05, 4.69) is 10.3 Å². The summed E-state index contributed by atoms with van der Waals surface area (Å²) in [6.45, 7) is 1.82. The van der Waals surface area contributed by atoms with E-state index in [1.54, 1.807) is 0 Å². The van der Waals surface area contributed by atoms with Crippen LogP contribution in [0, 0.1) is 0 Å². The predicted molar refractivity (Wildman–Crippen MR) is 103 cm³/mol. The van der Waals surface area contributed by atoms with Crippen molar-refractivity contribution in [1.82, 2.24) is 5.32 Å². The van der Waals surface area contributed by atoms with Crippen molar-refractivity contribution >= 4 is 39.8 Å². The first-order valence-corrected chi connectivity index (χ1v) is 9.40. The van der Waals surface area contributed by atoms with Gasteiger partial charge in [-0.2, -0.15) is 0 Å². The van der Waals surface area contributed by atoms with E-state index < -0.39 is 9.84 Å². The molecule has 1 aliphatic rings. The molecular formula is C15H24IN3O3S. The van der Waals surface area contributed by atoms with Crippen LogP contribution in [0.4, 0.5) is 0 Å². The Kier molecular flexibility index (Phi) is 8.27. The Bertz CT molecular complexity index is 629. The molecule has 0 bridgehead atoms. The molecule has 0 radical (unpaired) electrons. The number of hydrogen-bond acceptors (Lipinski definition) is 4. The minimum Gasteiger partial charge on any atom is -0.376 e. The summed E-state index contributed by atoms with van der Waals surface area (Å²) in [6, 6.07) is 7.37. The second-order valence-electron chi connectivity index (χ2n) is 5.56. The topological polar surface area (TPSA) is 93.8 Å². The van der Waals surface area contributed by atoms with Crippen LogP contribution >= 0.6 is 24.0 Å². The number of halogens is 1. The lowest BCUT2D eigenvalue weighted by Crippen LogP contribution is -2.37. The van der Waals surface area contributed by atoms with Gasteiger partial charge in [-0.15, -0.1) is 24.0 Å². The van der Waals surface area contributed by atoms with Crippen molar-refractivity contribution in [3.63, 3.8) is 0 Å². The molecule has 130 valence electrons. The molecule has 1 aromatic carbocycles. The molecule has 0 amide bonds. The van der Waals surface area contributed by atoms with Crippen LogP contribution in [0.3, 0.4) is 0 Å². The van der Waals surface area contributed by atoms with Crippen LogP contribution in [-0.2, 0) is 26.9 Å². The molecule has 0 aliphatic carbocycles. The molecule has 1 saturated heterocycles. The van der Waals surface area contributed by atoms with Crippen LogP contribution in [-0.4, -0.2) is 39.9 Å². The van der Waals surface area contributed by atoms with E-state index in [-0.39, 0.29) is 35.8 Å². The molecule has 1 fully saturated rings. The number of aliphatic imine (C=N–C) groups is 1. The fourth-order valence-electron chi connectivity index (χ4n) is 2.38. The number of nitrogens with one attached hydrogen (secondary N) is 1. The van der Waals surface area contributed by atoms with Gasteiger partial charge in [0.1, 0.15) is 0 Å². The van der Waals surface area contributed by atoms with Crippen LogP contribution in [0.1, 0.15) is 24.0 Å². The van der Waals surface area contributed by atoms with E-state index in [1.165, 1.54) is 6.26 Å². The molecule has 1 aliphatic heterocycles. The van der Waals surface area contributed by atoms with Crippen molar-refractivity contribution in [1.29, 1.82) is 0 Å². The first kappa shape index (κ1) is 20.2. The number of nitrogens with two attached hydrogens (primary N) is 1. The molecule has 8 heteroatoms. The van der Waals surface area contributed by atoms with Crippen LogP contribution in [0.5, 0.6) is 0 Å². The number of hydrogen-bond donors (Lipinski definition) is 2. The molecular weight excluding hydrogens is 429 g/mol. The highest BCUT2D eigenvalue weighted by atomic mass is 127. The average Bonchev–Trinajstić information content (AvgIpc) is 2.96. The minimum absolute atomic E-state index is 0. The Morgan fingerprint density at radius 1 is 1.39 bits per heavy atom. The summed E-state index contributed by atoms with van der Waals surface area (Å²) in [6.07, 6.45) is 3.55. The van der Waals surface area contributed by atoms with Crippen LogP contribution in [0.25, 0.3) is 0 Å². The Hall–Kier alpha value is -0.870. The number of guanidine groups is 1. The lowest BCUT2D eigenvalue weighted by molar-refractivity contribution is 0.114. The molecule has 0 spiro atoms. The van der Waals surface area contributed by atoms with Gasteiger partial charge in [-0.05, 0) is 24.0 Å². The Balaban J connectivity index is 0.00000264. The minimum atomic E-state index is -3.07. The van der Waals surface area contributed by atoms with Gasteiger partial charge < -0.3 is 15.8 Å². The van der Waals surface area contributed by atoms with Crippen molar-refractivity contribution in [3.05, 3.63) is 35.4 Å².